The zero-order chi connectivity index (χ0) is 32.2. The van der Waals surface area contributed by atoms with E-state index in [1.54, 1.807) is 0 Å². The van der Waals surface area contributed by atoms with Crippen LogP contribution >= 0.6 is 0 Å². The summed E-state index contributed by atoms with van der Waals surface area (Å²) < 4.78 is 28.6. The van der Waals surface area contributed by atoms with Crippen molar-refractivity contribution in [3.05, 3.63) is 0 Å². The Bertz CT molecular complexity index is 869. The highest BCUT2D eigenvalue weighted by atomic mass is 16.7. The lowest BCUT2D eigenvalue weighted by Crippen LogP contribution is -2.68. The SMILES string of the molecule is NCCC(O)C(C=O)C(N)C(O)OC1C(CO)OC(OC2C(O)C(N)CC(N)C2OC2OC(CN)C(O)C(O)C2N)C1O. The first-order valence-corrected chi connectivity index (χ1v) is 14.1. The maximum atomic E-state index is 11.5. The van der Waals surface area contributed by atoms with Gasteiger partial charge in [-0.15, -0.1) is 0 Å². The summed E-state index contributed by atoms with van der Waals surface area (Å²) in [7, 11) is 0. The molecule has 3 fully saturated rings. The molecule has 19 nitrogen and oxygen atoms in total. The quantitative estimate of drug-likeness (QED) is 0.0627. The van der Waals surface area contributed by atoms with Gasteiger partial charge in [0, 0.05) is 18.6 Å². The van der Waals surface area contributed by atoms with Crippen molar-refractivity contribution >= 4 is 6.29 Å². The fourth-order valence-corrected chi connectivity index (χ4v) is 5.56. The second-order valence-electron chi connectivity index (χ2n) is 11.2. The van der Waals surface area contributed by atoms with E-state index in [2.05, 4.69) is 0 Å². The van der Waals surface area contributed by atoms with Crippen LogP contribution in [0.25, 0.3) is 0 Å². The van der Waals surface area contributed by atoms with E-state index in [4.69, 9.17) is 58.1 Å². The molecule has 1 saturated carbocycles. The van der Waals surface area contributed by atoms with E-state index in [-0.39, 0.29) is 25.9 Å². The summed E-state index contributed by atoms with van der Waals surface area (Å²) in [6, 6.07) is -4.46. The molecular formula is C24H48N6O13. The van der Waals surface area contributed by atoms with Crippen molar-refractivity contribution in [3.63, 3.8) is 0 Å². The van der Waals surface area contributed by atoms with Gasteiger partial charge in [-0.05, 0) is 19.4 Å². The fraction of sp³-hybridized carbons (Fsp3) is 0.958. The molecule has 43 heavy (non-hydrogen) atoms. The van der Waals surface area contributed by atoms with Crippen LogP contribution in [0.5, 0.6) is 0 Å². The molecular weight excluding hydrogens is 580 g/mol. The summed E-state index contributed by atoms with van der Waals surface area (Å²) in [4.78, 5) is 11.5. The second kappa shape index (κ2) is 16.0. The zero-order valence-corrected chi connectivity index (χ0v) is 23.5. The van der Waals surface area contributed by atoms with Crippen LogP contribution in [0.2, 0.25) is 0 Å². The van der Waals surface area contributed by atoms with Crippen molar-refractivity contribution in [1.82, 2.24) is 0 Å². The number of nitrogens with two attached hydrogens (primary N) is 6. The van der Waals surface area contributed by atoms with Crippen molar-refractivity contribution in [2.24, 2.45) is 40.3 Å². The summed E-state index contributed by atoms with van der Waals surface area (Å²) in [6.07, 6.45) is -18.0. The van der Waals surface area contributed by atoms with Crippen LogP contribution in [0.4, 0.5) is 0 Å². The molecule has 0 aromatic rings. The standard InChI is InChI=1S/C24H48N6O13/c25-2-1-10(33)7(5-31)13(29)22(38)41-20-12(6-32)40-24(18(20)37)43-21-15(34)8(27)3-9(28)19(21)42-23-14(30)17(36)16(35)11(4-26)39-23/h5,7-24,32-38H,1-4,6,25-30H2. The van der Waals surface area contributed by atoms with E-state index >= 15 is 0 Å². The Balaban J connectivity index is 1.76. The molecule has 18 atom stereocenters. The molecule has 2 aliphatic heterocycles. The van der Waals surface area contributed by atoms with Crippen LogP contribution in [-0.2, 0) is 28.5 Å². The molecule has 3 aliphatic rings. The molecule has 0 radical (unpaired) electrons. The Labute approximate surface area is 247 Å². The molecule has 0 bridgehead atoms. The molecule has 19 N–H and O–H groups in total. The van der Waals surface area contributed by atoms with Crippen molar-refractivity contribution in [2.75, 3.05) is 19.7 Å². The highest BCUT2D eigenvalue weighted by Crippen LogP contribution is 2.33. The van der Waals surface area contributed by atoms with Gasteiger partial charge >= 0.3 is 0 Å². The van der Waals surface area contributed by atoms with Crippen LogP contribution in [0, 0.1) is 5.92 Å². The minimum Gasteiger partial charge on any atom is -0.394 e. The number of aliphatic hydroxyl groups excluding tert-OH is 7. The lowest BCUT2D eigenvalue weighted by molar-refractivity contribution is -0.306. The number of hydrogen-bond acceptors (Lipinski definition) is 19. The van der Waals surface area contributed by atoms with Gasteiger partial charge in [-0.3, -0.25) is 0 Å². The molecule has 3 rings (SSSR count). The maximum Gasteiger partial charge on any atom is 0.187 e. The first kappa shape index (κ1) is 36.4. The average molecular weight is 629 g/mol. The van der Waals surface area contributed by atoms with Crippen molar-refractivity contribution < 1.29 is 64.2 Å². The van der Waals surface area contributed by atoms with Gasteiger partial charge in [0.2, 0.25) is 0 Å². The van der Waals surface area contributed by atoms with Crippen LogP contribution in [-0.4, -0.2) is 166 Å². The molecule has 0 spiro atoms. The Kier molecular flexibility index (Phi) is 13.5. The molecule has 2 heterocycles. The molecule has 1 aliphatic carbocycles. The largest absolute Gasteiger partial charge is 0.394 e. The number of aliphatic hydroxyl groups is 7. The molecule has 19 heteroatoms. The molecule has 0 amide bonds. The normalized spacial score (nSPS) is 45.0. The predicted octanol–water partition coefficient (Wildman–Crippen LogP) is -8.46. The van der Waals surface area contributed by atoms with Crippen molar-refractivity contribution in [1.29, 1.82) is 0 Å². The van der Waals surface area contributed by atoms with Gasteiger partial charge in [-0.2, -0.15) is 0 Å². The minimum atomic E-state index is -1.90. The van der Waals surface area contributed by atoms with E-state index in [0.717, 1.165) is 0 Å². The monoisotopic (exact) mass is 628 g/mol. The zero-order valence-electron chi connectivity index (χ0n) is 23.5. The predicted molar refractivity (Wildman–Crippen MR) is 144 cm³/mol. The summed E-state index contributed by atoms with van der Waals surface area (Å²) in [5.74, 6) is -1.26. The highest BCUT2D eigenvalue weighted by Gasteiger charge is 2.53. The fourth-order valence-electron chi connectivity index (χ4n) is 5.56. The maximum absolute atomic E-state index is 11.5. The summed E-state index contributed by atoms with van der Waals surface area (Å²) in [5, 5.41) is 73.1. The number of carbonyl (C=O) groups is 1. The number of hydrogen-bond donors (Lipinski definition) is 13. The summed E-state index contributed by atoms with van der Waals surface area (Å²) in [5.41, 5.74) is 35.3. The summed E-state index contributed by atoms with van der Waals surface area (Å²) in [6.45, 7) is -0.833. The van der Waals surface area contributed by atoms with E-state index in [9.17, 15) is 40.5 Å². The number of carbonyl (C=O) groups excluding carboxylic acids is 1. The molecule has 2 saturated heterocycles. The van der Waals surface area contributed by atoms with Crippen LogP contribution in [0.3, 0.4) is 0 Å². The molecule has 252 valence electrons. The van der Waals surface area contributed by atoms with Gasteiger partial charge in [0.05, 0.1) is 36.8 Å². The average Bonchev–Trinajstić information content (AvgIpc) is 3.27. The highest BCUT2D eigenvalue weighted by molar-refractivity contribution is 5.56. The van der Waals surface area contributed by atoms with Gasteiger partial charge in [0.15, 0.2) is 18.9 Å². The van der Waals surface area contributed by atoms with Crippen molar-refractivity contribution in [2.45, 2.75) is 117 Å². The third-order valence-electron chi connectivity index (χ3n) is 8.23. The third kappa shape index (κ3) is 8.03. The molecule has 18 unspecified atom stereocenters. The van der Waals surface area contributed by atoms with Gasteiger partial charge in [-0.1, -0.05) is 0 Å². The van der Waals surface area contributed by atoms with Gasteiger partial charge in [-0.25, -0.2) is 0 Å². The topological polar surface area (TPSA) is 361 Å². The number of ether oxygens (including phenoxy) is 5. The van der Waals surface area contributed by atoms with Crippen LogP contribution in [0.1, 0.15) is 12.8 Å². The Hall–Kier alpha value is -1.05. The minimum absolute atomic E-state index is 0.0224. The number of aldehydes is 1. The number of rotatable bonds is 14. The summed E-state index contributed by atoms with van der Waals surface area (Å²) >= 11 is 0. The Morgan fingerprint density at radius 3 is 2.05 bits per heavy atom. The smallest absolute Gasteiger partial charge is 0.187 e. The first-order valence-electron chi connectivity index (χ1n) is 14.1. The van der Waals surface area contributed by atoms with Gasteiger partial charge < -0.3 is 98.6 Å². The van der Waals surface area contributed by atoms with E-state index < -0.39 is 117 Å². The van der Waals surface area contributed by atoms with E-state index in [1.807, 2.05) is 0 Å². The third-order valence-corrected chi connectivity index (χ3v) is 8.23. The molecule has 0 aromatic heterocycles. The lowest BCUT2D eigenvalue weighted by Gasteiger charge is -2.47. The first-order chi connectivity index (χ1) is 20.3. The second-order valence-corrected chi connectivity index (χ2v) is 11.2. The van der Waals surface area contributed by atoms with Crippen LogP contribution in [0.15, 0.2) is 0 Å². The van der Waals surface area contributed by atoms with Gasteiger partial charge in [0.1, 0.15) is 55.1 Å². The molecule has 0 aromatic carbocycles. The van der Waals surface area contributed by atoms with E-state index in [1.165, 1.54) is 0 Å². The van der Waals surface area contributed by atoms with Gasteiger partial charge in [0.25, 0.3) is 0 Å². The van der Waals surface area contributed by atoms with Crippen molar-refractivity contribution in [3.8, 4) is 0 Å². The Morgan fingerprint density at radius 2 is 1.47 bits per heavy atom. The van der Waals surface area contributed by atoms with E-state index in [0.29, 0.717) is 6.29 Å². The van der Waals surface area contributed by atoms with Crippen LogP contribution < -0.4 is 34.4 Å². The Morgan fingerprint density at radius 1 is 0.837 bits per heavy atom. The lowest BCUT2D eigenvalue weighted by atomic mass is 9.84.